The van der Waals surface area contributed by atoms with Crippen molar-refractivity contribution in [1.82, 2.24) is 19.9 Å². The number of aromatic nitrogens is 2. The number of fused-ring (bicyclic) bond motifs is 1. The summed E-state index contributed by atoms with van der Waals surface area (Å²) in [5, 5.41) is 4.05. The van der Waals surface area contributed by atoms with E-state index in [9.17, 15) is 9.59 Å². The maximum Gasteiger partial charge on any atom is 0.261 e. The number of guanidine groups is 1. The van der Waals surface area contributed by atoms with Gasteiger partial charge in [0.25, 0.3) is 11.8 Å². The Morgan fingerprint density at radius 2 is 1.79 bits per heavy atom. The zero-order valence-corrected chi connectivity index (χ0v) is 17.9. The highest BCUT2D eigenvalue weighted by Gasteiger charge is 2.31. The van der Waals surface area contributed by atoms with Crippen LogP contribution in [0.2, 0.25) is 0 Å². The number of hydrogen-bond donors (Lipinski definition) is 0. The SMILES string of the molecule is O=C1N=C(N2CCN(C(=O)c3ccc(-c4noc(C5CC5)n4)cc3)CC2)N=C2C=CC=CC12. The topological polar surface area (TPSA) is 104 Å². The molecule has 3 heterocycles. The van der Waals surface area contributed by atoms with E-state index in [4.69, 9.17) is 4.52 Å². The van der Waals surface area contributed by atoms with E-state index < -0.39 is 0 Å². The van der Waals surface area contributed by atoms with Gasteiger partial charge in [-0.1, -0.05) is 35.5 Å². The van der Waals surface area contributed by atoms with Crippen molar-refractivity contribution < 1.29 is 14.1 Å². The first-order valence-corrected chi connectivity index (χ1v) is 11.2. The number of carbonyl (C=O) groups excluding carboxylic acids is 2. The van der Waals surface area contributed by atoms with Gasteiger partial charge in [-0.3, -0.25) is 9.59 Å². The van der Waals surface area contributed by atoms with Crippen LogP contribution in [-0.4, -0.2) is 69.6 Å². The molecule has 0 N–H and O–H groups in total. The van der Waals surface area contributed by atoms with E-state index in [1.807, 2.05) is 46.2 Å². The van der Waals surface area contributed by atoms with Crippen LogP contribution in [-0.2, 0) is 4.79 Å². The minimum atomic E-state index is -0.377. The monoisotopic (exact) mass is 442 g/mol. The number of nitrogens with zero attached hydrogens (tertiary/aromatic N) is 6. The van der Waals surface area contributed by atoms with Gasteiger partial charge in [0.15, 0.2) is 0 Å². The second kappa shape index (κ2) is 7.91. The molecule has 2 aliphatic carbocycles. The van der Waals surface area contributed by atoms with Gasteiger partial charge in [0.2, 0.25) is 17.7 Å². The Morgan fingerprint density at radius 3 is 2.55 bits per heavy atom. The quantitative estimate of drug-likeness (QED) is 0.723. The van der Waals surface area contributed by atoms with E-state index in [1.54, 1.807) is 12.1 Å². The number of rotatable bonds is 3. The van der Waals surface area contributed by atoms with Gasteiger partial charge in [-0.15, -0.1) is 0 Å². The molecule has 2 fully saturated rings. The van der Waals surface area contributed by atoms with E-state index in [0.29, 0.717) is 55.3 Å². The lowest BCUT2D eigenvalue weighted by Gasteiger charge is -2.36. The maximum atomic E-state index is 13.0. The summed E-state index contributed by atoms with van der Waals surface area (Å²) in [7, 11) is 0. The molecule has 9 nitrogen and oxygen atoms in total. The van der Waals surface area contributed by atoms with Crippen molar-refractivity contribution in [3.05, 3.63) is 60.0 Å². The molecule has 4 aliphatic rings. The molecule has 1 saturated heterocycles. The van der Waals surface area contributed by atoms with Crippen LogP contribution in [0.1, 0.15) is 35.0 Å². The highest BCUT2D eigenvalue weighted by Crippen LogP contribution is 2.39. The number of piperazine rings is 1. The van der Waals surface area contributed by atoms with Crippen molar-refractivity contribution >= 4 is 23.5 Å². The Labute approximate surface area is 190 Å². The van der Waals surface area contributed by atoms with Gasteiger partial charge in [-0.05, 0) is 31.1 Å². The van der Waals surface area contributed by atoms with Gasteiger partial charge in [-0.25, -0.2) is 4.99 Å². The first-order valence-electron chi connectivity index (χ1n) is 11.2. The third-order valence-electron chi connectivity index (χ3n) is 6.31. The fourth-order valence-corrected chi connectivity index (χ4v) is 4.20. The van der Waals surface area contributed by atoms with Crippen molar-refractivity contribution in [2.24, 2.45) is 15.9 Å². The smallest absolute Gasteiger partial charge is 0.261 e. The zero-order valence-electron chi connectivity index (χ0n) is 17.9. The fraction of sp³-hybridized carbons (Fsp3) is 0.333. The summed E-state index contributed by atoms with van der Waals surface area (Å²) < 4.78 is 5.32. The van der Waals surface area contributed by atoms with Crippen LogP contribution in [0.3, 0.4) is 0 Å². The molecule has 0 bridgehead atoms. The van der Waals surface area contributed by atoms with Crippen LogP contribution >= 0.6 is 0 Å². The number of carbonyl (C=O) groups is 2. The minimum absolute atomic E-state index is 0.0265. The number of allylic oxidation sites excluding steroid dienone is 3. The molecule has 2 amide bonds. The van der Waals surface area contributed by atoms with Crippen molar-refractivity contribution in [3.63, 3.8) is 0 Å². The summed E-state index contributed by atoms with van der Waals surface area (Å²) in [6.45, 7) is 2.22. The van der Waals surface area contributed by atoms with Gasteiger partial charge in [0.1, 0.15) is 5.92 Å². The molecule has 0 spiro atoms. The molecule has 1 aromatic heterocycles. The Morgan fingerprint density at radius 1 is 1.00 bits per heavy atom. The average molecular weight is 442 g/mol. The standard InChI is InChI=1S/C24H22N6O3/c31-21-18-3-1-2-4-19(18)25-24(27-21)30-13-11-29(12-14-30)23(32)17-9-5-15(6-10-17)20-26-22(33-28-20)16-7-8-16/h1-6,9-10,16,18H,7-8,11-14H2. The molecule has 166 valence electrons. The van der Waals surface area contributed by atoms with Crippen molar-refractivity contribution in [2.45, 2.75) is 18.8 Å². The Bertz CT molecular complexity index is 1230. The van der Waals surface area contributed by atoms with Crippen LogP contribution < -0.4 is 0 Å². The van der Waals surface area contributed by atoms with E-state index in [-0.39, 0.29) is 17.7 Å². The summed E-state index contributed by atoms with van der Waals surface area (Å²) in [5.74, 6) is 1.50. The third-order valence-corrected chi connectivity index (χ3v) is 6.31. The highest BCUT2D eigenvalue weighted by molar-refractivity contribution is 6.21. The summed E-state index contributed by atoms with van der Waals surface area (Å²) in [5.41, 5.74) is 2.17. The molecule has 6 rings (SSSR count). The lowest BCUT2D eigenvalue weighted by atomic mass is 9.97. The predicted molar refractivity (Wildman–Crippen MR) is 121 cm³/mol. The van der Waals surface area contributed by atoms with Crippen molar-refractivity contribution in [1.29, 1.82) is 0 Å². The van der Waals surface area contributed by atoms with E-state index in [1.165, 1.54) is 0 Å². The Kier molecular flexibility index (Phi) is 4.74. The molecule has 1 unspecified atom stereocenters. The van der Waals surface area contributed by atoms with E-state index in [2.05, 4.69) is 20.1 Å². The Balaban J connectivity index is 1.09. The second-order valence-corrected chi connectivity index (χ2v) is 8.60. The van der Waals surface area contributed by atoms with Gasteiger partial charge >= 0.3 is 0 Å². The van der Waals surface area contributed by atoms with Crippen molar-refractivity contribution in [2.75, 3.05) is 26.2 Å². The lowest BCUT2D eigenvalue weighted by Crippen LogP contribution is -2.51. The van der Waals surface area contributed by atoms with Gasteiger partial charge < -0.3 is 14.3 Å². The van der Waals surface area contributed by atoms with Crippen LogP contribution in [0.5, 0.6) is 0 Å². The summed E-state index contributed by atoms with van der Waals surface area (Å²) >= 11 is 0. The summed E-state index contributed by atoms with van der Waals surface area (Å²) in [6, 6.07) is 7.31. The summed E-state index contributed by atoms with van der Waals surface area (Å²) in [6.07, 6.45) is 9.59. The maximum absolute atomic E-state index is 13.0. The van der Waals surface area contributed by atoms with Crippen molar-refractivity contribution in [3.8, 4) is 11.4 Å². The van der Waals surface area contributed by atoms with Crippen LogP contribution in [0, 0.1) is 5.92 Å². The Hall–Kier alpha value is -3.88. The zero-order chi connectivity index (χ0) is 22.4. The normalized spacial score (nSPS) is 22.2. The second-order valence-electron chi connectivity index (χ2n) is 8.60. The van der Waals surface area contributed by atoms with E-state index in [0.717, 1.165) is 24.1 Å². The molecule has 1 saturated carbocycles. The van der Waals surface area contributed by atoms with Gasteiger partial charge in [0, 0.05) is 43.2 Å². The molecule has 0 radical (unpaired) electrons. The van der Waals surface area contributed by atoms with Crippen LogP contribution in [0.4, 0.5) is 0 Å². The number of hydrogen-bond acceptors (Lipinski definition) is 7. The molecule has 1 aromatic carbocycles. The van der Waals surface area contributed by atoms with E-state index >= 15 is 0 Å². The first-order chi connectivity index (χ1) is 16.2. The summed E-state index contributed by atoms with van der Waals surface area (Å²) in [4.78, 5) is 42.3. The number of aliphatic imine (C=N–C) groups is 2. The number of benzene rings is 1. The molecule has 1 atom stereocenters. The van der Waals surface area contributed by atoms with Gasteiger partial charge in [-0.2, -0.15) is 9.98 Å². The molecule has 33 heavy (non-hydrogen) atoms. The highest BCUT2D eigenvalue weighted by atomic mass is 16.5. The molecule has 9 heteroatoms. The fourth-order valence-electron chi connectivity index (χ4n) is 4.20. The number of amides is 2. The first kappa shape index (κ1) is 19.8. The van der Waals surface area contributed by atoms with Gasteiger partial charge in [0.05, 0.1) is 5.71 Å². The molecule has 2 aromatic rings. The third kappa shape index (κ3) is 3.79. The molecular formula is C24H22N6O3. The predicted octanol–water partition coefficient (Wildman–Crippen LogP) is 2.45. The minimum Gasteiger partial charge on any atom is -0.339 e. The largest absolute Gasteiger partial charge is 0.339 e. The molecular weight excluding hydrogens is 420 g/mol. The van der Waals surface area contributed by atoms with Crippen LogP contribution in [0.25, 0.3) is 11.4 Å². The average Bonchev–Trinajstić information content (AvgIpc) is 3.60. The van der Waals surface area contributed by atoms with Crippen LogP contribution in [0.15, 0.2) is 63.1 Å². The lowest BCUT2D eigenvalue weighted by molar-refractivity contribution is -0.118. The molecule has 2 aliphatic heterocycles.